The average Bonchev–Trinajstić information content (AvgIpc) is 2.63. The summed E-state index contributed by atoms with van der Waals surface area (Å²) in [6.07, 6.45) is 2.58. The minimum atomic E-state index is 1.08. The van der Waals surface area contributed by atoms with Gasteiger partial charge in [0.1, 0.15) is 0 Å². The van der Waals surface area contributed by atoms with Gasteiger partial charge in [-0.15, -0.1) is 11.8 Å². The molecule has 3 heteroatoms. The zero-order valence-corrected chi connectivity index (χ0v) is 14.4. The highest BCUT2D eigenvalue weighted by Crippen LogP contribution is 2.38. The molecule has 4 rings (SSSR count). The summed E-state index contributed by atoms with van der Waals surface area (Å²) in [5, 5.41) is 0. The van der Waals surface area contributed by atoms with Crippen molar-refractivity contribution in [3.8, 4) is 0 Å². The molecule has 2 aromatic carbocycles. The molecule has 0 aliphatic carbocycles. The third-order valence-electron chi connectivity index (χ3n) is 4.87. The number of nitrogens with zero attached hydrogens (tertiary/aromatic N) is 2. The molecule has 2 aliphatic heterocycles. The van der Waals surface area contributed by atoms with E-state index < -0.39 is 0 Å². The lowest BCUT2D eigenvalue weighted by Crippen LogP contribution is -2.46. The van der Waals surface area contributed by atoms with Crippen molar-refractivity contribution in [3.63, 3.8) is 0 Å². The Morgan fingerprint density at radius 2 is 1.70 bits per heavy atom. The maximum Gasteiger partial charge on any atom is 0.0508 e. The van der Waals surface area contributed by atoms with E-state index in [1.54, 1.807) is 10.5 Å². The van der Waals surface area contributed by atoms with Crippen molar-refractivity contribution in [2.75, 3.05) is 36.8 Å². The van der Waals surface area contributed by atoms with Crippen LogP contribution in [0.15, 0.2) is 53.4 Å². The SMILES string of the molecule is c1ccc(CN2CCN(c3cccc4c3SCCC4)CC2)cc1. The predicted octanol–water partition coefficient (Wildman–Crippen LogP) is 4.05. The highest BCUT2D eigenvalue weighted by molar-refractivity contribution is 7.99. The van der Waals surface area contributed by atoms with Gasteiger partial charge in [0.25, 0.3) is 0 Å². The van der Waals surface area contributed by atoms with Gasteiger partial charge in [0.15, 0.2) is 0 Å². The average molecular weight is 324 g/mol. The second-order valence-corrected chi connectivity index (χ2v) is 7.57. The molecule has 120 valence electrons. The fraction of sp³-hybridized carbons (Fsp3) is 0.400. The molecule has 0 spiro atoms. The van der Waals surface area contributed by atoms with Gasteiger partial charge in [0.05, 0.1) is 5.69 Å². The van der Waals surface area contributed by atoms with Crippen molar-refractivity contribution in [1.82, 2.24) is 4.90 Å². The van der Waals surface area contributed by atoms with Gasteiger partial charge in [0.2, 0.25) is 0 Å². The summed E-state index contributed by atoms with van der Waals surface area (Å²) in [6.45, 7) is 5.68. The number of anilines is 1. The number of rotatable bonds is 3. The topological polar surface area (TPSA) is 6.48 Å². The van der Waals surface area contributed by atoms with E-state index in [0.29, 0.717) is 0 Å². The van der Waals surface area contributed by atoms with Gasteiger partial charge in [-0.1, -0.05) is 42.5 Å². The van der Waals surface area contributed by atoms with Crippen molar-refractivity contribution >= 4 is 17.4 Å². The van der Waals surface area contributed by atoms with Gasteiger partial charge >= 0.3 is 0 Å². The van der Waals surface area contributed by atoms with Crippen LogP contribution in [0.2, 0.25) is 0 Å². The Bertz CT molecular complexity index is 648. The van der Waals surface area contributed by atoms with Gasteiger partial charge in [-0.05, 0) is 35.8 Å². The molecule has 23 heavy (non-hydrogen) atoms. The highest BCUT2D eigenvalue weighted by Gasteiger charge is 2.22. The van der Waals surface area contributed by atoms with E-state index in [-0.39, 0.29) is 0 Å². The van der Waals surface area contributed by atoms with E-state index in [1.807, 2.05) is 0 Å². The number of hydrogen-bond donors (Lipinski definition) is 0. The second-order valence-electron chi connectivity index (χ2n) is 6.47. The molecular weight excluding hydrogens is 300 g/mol. The third kappa shape index (κ3) is 3.41. The van der Waals surface area contributed by atoms with Crippen LogP contribution in [0.1, 0.15) is 17.5 Å². The molecule has 0 radical (unpaired) electrons. The lowest BCUT2D eigenvalue weighted by atomic mass is 10.1. The van der Waals surface area contributed by atoms with Crippen LogP contribution in [0, 0.1) is 0 Å². The first-order chi connectivity index (χ1) is 11.4. The Morgan fingerprint density at radius 1 is 0.870 bits per heavy atom. The summed E-state index contributed by atoms with van der Waals surface area (Å²) < 4.78 is 0. The molecule has 0 saturated carbocycles. The molecule has 0 aromatic heterocycles. The third-order valence-corrected chi connectivity index (χ3v) is 6.13. The van der Waals surface area contributed by atoms with E-state index >= 15 is 0 Å². The molecule has 0 unspecified atom stereocenters. The summed E-state index contributed by atoms with van der Waals surface area (Å²) >= 11 is 2.06. The summed E-state index contributed by atoms with van der Waals surface area (Å²) in [7, 11) is 0. The van der Waals surface area contributed by atoms with Crippen LogP contribution in [-0.4, -0.2) is 36.8 Å². The van der Waals surface area contributed by atoms with Crippen molar-refractivity contribution in [3.05, 3.63) is 59.7 Å². The van der Waals surface area contributed by atoms with E-state index in [9.17, 15) is 0 Å². The van der Waals surface area contributed by atoms with Gasteiger partial charge in [-0.3, -0.25) is 4.90 Å². The normalized spacial score (nSPS) is 18.7. The fourth-order valence-electron chi connectivity index (χ4n) is 3.61. The first kappa shape index (κ1) is 15.1. The summed E-state index contributed by atoms with van der Waals surface area (Å²) in [5.74, 6) is 1.28. The predicted molar refractivity (Wildman–Crippen MR) is 99.4 cm³/mol. The largest absolute Gasteiger partial charge is 0.368 e. The molecule has 0 amide bonds. The van der Waals surface area contributed by atoms with Gasteiger partial charge < -0.3 is 4.90 Å². The van der Waals surface area contributed by atoms with E-state index in [1.165, 1.54) is 29.8 Å². The van der Waals surface area contributed by atoms with E-state index in [4.69, 9.17) is 0 Å². The van der Waals surface area contributed by atoms with Crippen LogP contribution < -0.4 is 4.90 Å². The zero-order valence-electron chi connectivity index (χ0n) is 13.6. The fourth-order valence-corrected chi connectivity index (χ4v) is 4.80. The lowest BCUT2D eigenvalue weighted by molar-refractivity contribution is 0.249. The van der Waals surface area contributed by atoms with Crippen molar-refractivity contribution < 1.29 is 0 Å². The highest BCUT2D eigenvalue weighted by atomic mass is 32.2. The Morgan fingerprint density at radius 3 is 2.52 bits per heavy atom. The van der Waals surface area contributed by atoms with Gasteiger partial charge in [0, 0.05) is 37.6 Å². The van der Waals surface area contributed by atoms with Crippen LogP contribution >= 0.6 is 11.8 Å². The van der Waals surface area contributed by atoms with Crippen LogP contribution in [0.4, 0.5) is 5.69 Å². The Balaban J connectivity index is 1.42. The first-order valence-corrected chi connectivity index (χ1v) is 9.64. The molecule has 2 heterocycles. The number of piperazine rings is 1. The lowest BCUT2D eigenvalue weighted by Gasteiger charge is -2.37. The van der Waals surface area contributed by atoms with E-state index in [0.717, 1.165) is 32.7 Å². The molecule has 2 nitrogen and oxygen atoms in total. The maximum atomic E-state index is 2.60. The van der Waals surface area contributed by atoms with Crippen LogP contribution in [-0.2, 0) is 13.0 Å². The van der Waals surface area contributed by atoms with Crippen molar-refractivity contribution in [2.24, 2.45) is 0 Å². The minimum Gasteiger partial charge on any atom is -0.368 e. The van der Waals surface area contributed by atoms with Gasteiger partial charge in [-0.25, -0.2) is 0 Å². The zero-order chi connectivity index (χ0) is 15.5. The summed E-state index contributed by atoms with van der Waals surface area (Å²) in [6, 6.07) is 17.7. The number of thioether (sulfide) groups is 1. The molecule has 0 atom stereocenters. The van der Waals surface area contributed by atoms with Crippen LogP contribution in [0.5, 0.6) is 0 Å². The minimum absolute atomic E-state index is 1.08. The summed E-state index contributed by atoms with van der Waals surface area (Å²) in [5.41, 5.74) is 4.46. The van der Waals surface area contributed by atoms with Crippen molar-refractivity contribution in [1.29, 1.82) is 0 Å². The number of benzene rings is 2. The van der Waals surface area contributed by atoms with Crippen LogP contribution in [0.3, 0.4) is 0 Å². The quantitative estimate of drug-likeness (QED) is 0.841. The number of fused-ring (bicyclic) bond motifs is 1. The smallest absolute Gasteiger partial charge is 0.0508 e. The second kappa shape index (κ2) is 6.98. The Labute approximate surface area is 143 Å². The number of hydrogen-bond acceptors (Lipinski definition) is 3. The van der Waals surface area contributed by atoms with Crippen LogP contribution in [0.25, 0.3) is 0 Å². The first-order valence-electron chi connectivity index (χ1n) is 8.66. The van der Waals surface area contributed by atoms with E-state index in [2.05, 4.69) is 70.1 Å². The molecule has 1 fully saturated rings. The summed E-state index contributed by atoms with van der Waals surface area (Å²) in [4.78, 5) is 6.72. The molecular formula is C20H24N2S. The molecule has 0 bridgehead atoms. The standard InChI is InChI=1S/C20H24N2S/c1-2-6-17(7-3-1)16-21-11-13-22(14-12-21)19-10-4-8-18-9-5-15-23-20(18)19/h1-4,6-8,10H,5,9,11-16H2. The maximum absolute atomic E-state index is 2.60. The number of aryl methyl sites for hydroxylation is 1. The molecule has 0 N–H and O–H groups in total. The van der Waals surface area contributed by atoms with Crippen molar-refractivity contribution in [2.45, 2.75) is 24.3 Å². The monoisotopic (exact) mass is 324 g/mol. The molecule has 2 aromatic rings. The van der Waals surface area contributed by atoms with Gasteiger partial charge in [-0.2, -0.15) is 0 Å². The molecule has 1 saturated heterocycles. The Hall–Kier alpha value is -1.45. The Kier molecular flexibility index (Phi) is 4.58. The molecule has 2 aliphatic rings.